The summed E-state index contributed by atoms with van der Waals surface area (Å²) in [6.07, 6.45) is 0. The molecular formula is C20H18ClNO4S. The number of para-hydroxylation sites is 3. The first-order valence-corrected chi connectivity index (χ1v) is 10.1. The normalized spacial score (nSPS) is 11.0. The van der Waals surface area contributed by atoms with Gasteiger partial charge in [0.15, 0.2) is 5.75 Å². The molecule has 1 N–H and O–H groups in total. The zero-order chi connectivity index (χ0) is 19.3. The molecule has 0 aliphatic heterocycles. The minimum absolute atomic E-state index is 0.0328. The minimum atomic E-state index is -3.85. The molecule has 0 fully saturated rings. The lowest BCUT2D eigenvalue weighted by Crippen LogP contribution is -2.13. The predicted molar refractivity (Wildman–Crippen MR) is 106 cm³/mol. The molecule has 3 aromatic rings. The summed E-state index contributed by atoms with van der Waals surface area (Å²) in [6.45, 7) is 2.26. The third-order valence-corrected chi connectivity index (χ3v) is 5.27. The molecule has 0 heterocycles. The maximum atomic E-state index is 12.8. The highest BCUT2D eigenvalue weighted by Gasteiger charge is 2.18. The van der Waals surface area contributed by atoms with Crippen LogP contribution in [0.15, 0.2) is 77.7 Å². The first-order chi connectivity index (χ1) is 13.0. The van der Waals surface area contributed by atoms with Gasteiger partial charge in [-0.05, 0) is 49.4 Å². The Kier molecular flexibility index (Phi) is 5.88. The molecule has 0 aliphatic rings. The number of nitrogens with one attached hydrogen (secondary N) is 1. The molecule has 0 unspecified atom stereocenters. The molecule has 27 heavy (non-hydrogen) atoms. The highest BCUT2D eigenvalue weighted by atomic mass is 35.5. The molecule has 3 aromatic carbocycles. The summed E-state index contributed by atoms with van der Waals surface area (Å²) >= 11 is 6.11. The van der Waals surface area contributed by atoms with Gasteiger partial charge in [0.1, 0.15) is 11.5 Å². The predicted octanol–water partition coefficient (Wildman–Crippen LogP) is 5.33. The number of halogens is 1. The van der Waals surface area contributed by atoms with E-state index in [1.54, 1.807) is 36.4 Å². The molecule has 0 bridgehead atoms. The van der Waals surface area contributed by atoms with E-state index in [4.69, 9.17) is 21.1 Å². The fraction of sp³-hybridized carbons (Fsp3) is 0.100. The van der Waals surface area contributed by atoms with Crippen molar-refractivity contribution in [2.45, 2.75) is 11.8 Å². The molecule has 0 radical (unpaired) electrons. The van der Waals surface area contributed by atoms with Gasteiger partial charge in [-0.1, -0.05) is 41.9 Å². The molecule has 3 rings (SSSR count). The van der Waals surface area contributed by atoms with Gasteiger partial charge < -0.3 is 9.47 Å². The number of hydrogen-bond acceptors (Lipinski definition) is 4. The summed E-state index contributed by atoms with van der Waals surface area (Å²) in [5, 5.41) is 0.230. The molecule has 0 aliphatic carbocycles. The van der Waals surface area contributed by atoms with Gasteiger partial charge in [0, 0.05) is 0 Å². The van der Waals surface area contributed by atoms with Gasteiger partial charge >= 0.3 is 0 Å². The molecule has 0 saturated carbocycles. The molecule has 0 amide bonds. The van der Waals surface area contributed by atoms with Crippen LogP contribution in [0.4, 0.5) is 5.69 Å². The van der Waals surface area contributed by atoms with Gasteiger partial charge in [-0.2, -0.15) is 0 Å². The second-order valence-corrected chi connectivity index (χ2v) is 7.63. The zero-order valence-corrected chi connectivity index (χ0v) is 16.1. The first-order valence-electron chi connectivity index (χ1n) is 8.26. The Bertz CT molecular complexity index is 1020. The van der Waals surface area contributed by atoms with E-state index >= 15 is 0 Å². The average molecular weight is 404 g/mol. The monoisotopic (exact) mass is 403 g/mol. The van der Waals surface area contributed by atoms with Crippen molar-refractivity contribution in [1.29, 1.82) is 0 Å². The molecule has 140 valence electrons. The third kappa shape index (κ3) is 4.72. The Labute approximate surface area is 163 Å². The van der Waals surface area contributed by atoms with Crippen molar-refractivity contribution >= 4 is 27.3 Å². The highest BCUT2D eigenvalue weighted by molar-refractivity contribution is 7.92. The first kappa shape index (κ1) is 19.1. The average Bonchev–Trinajstić information content (AvgIpc) is 2.66. The van der Waals surface area contributed by atoms with Crippen LogP contribution in [-0.2, 0) is 10.0 Å². The van der Waals surface area contributed by atoms with Crippen molar-refractivity contribution in [2.75, 3.05) is 11.3 Å². The maximum Gasteiger partial charge on any atom is 0.262 e. The van der Waals surface area contributed by atoms with Crippen LogP contribution in [0.2, 0.25) is 5.02 Å². The highest BCUT2D eigenvalue weighted by Crippen LogP contribution is 2.32. The topological polar surface area (TPSA) is 64.6 Å². The summed E-state index contributed by atoms with van der Waals surface area (Å²) in [7, 11) is -3.85. The number of sulfonamides is 1. The van der Waals surface area contributed by atoms with E-state index < -0.39 is 10.0 Å². The molecule has 0 saturated heterocycles. The van der Waals surface area contributed by atoms with Gasteiger partial charge in [0.25, 0.3) is 10.0 Å². The van der Waals surface area contributed by atoms with E-state index in [1.165, 1.54) is 18.2 Å². The van der Waals surface area contributed by atoms with Gasteiger partial charge in [-0.25, -0.2) is 8.42 Å². The summed E-state index contributed by atoms with van der Waals surface area (Å²) < 4.78 is 39.2. The van der Waals surface area contributed by atoms with Crippen LogP contribution >= 0.6 is 11.6 Å². The number of benzene rings is 3. The van der Waals surface area contributed by atoms with Gasteiger partial charge in [-0.15, -0.1) is 0 Å². The van der Waals surface area contributed by atoms with Crippen molar-refractivity contribution in [3.05, 3.63) is 77.8 Å². The number of anilines is 1. The van der Waals surface area contributed by atoms with E-state index in [-0.39, 0.29) is 9.92 Å². The Balaban J connectivity index is 1.87. The second kappa shape index (κ2) is 8.33. The van der Waals surface area contributed by atoms with Crippen LogP contribution in [-0.4, -0.2) is 15.0 Å². The molecule has 0 aromatic heterocycles. The number of ether oxygens (including phenoxy) is 2. The van der Waals surface area contributed by atoms with Crippen molar-refractivity contribution < 1.29 is 17.9 Å². The lowest BCUT2D eigenvalue weighted by molar-refractivity contribution is 0.340. The van der Waals surface area contributed by atoms with Crippen molar-refractivity contribution in [1.82, 2.24) is 0 Å². The van der Waals surface area contributed by atoms with Crippen molar-refractivity contribution in [2.24, 2.45) is 0 Å². The van der Waals surface area contributed by atoms with Crippen LogP contribution in [0, 0.1) is 0 Å². The van der Waals surface area contributed by atoms with Crippen LogP contribution < -0.4 is 14.2 Å². The Morgan fingerprint density at radius 1 is 0.926 bits per heavy atom. The number of rotatable bonds is 7. The fourth-order valence-corrected chi connectivity index (χ4v) is 3.78. The van der Waals surface area contributed by atoms with Gasteiger partial charge in [0.05, 0.1) is 22.2 Å². The Hall–Kier alpha value is -2.70. The Morgan fingerprint density at radius 3 is 2.33 bits per heavy atom. The summed E-state index contributed by atoms with van der Waals surface area (Å²) in [5.41, 5.74) is 0.325. The summed E-state index contributed by atoms with van der Waals surface area (Å²) in [6, 6.07) is 20.3. The minimum Gasteiger partial charge on any atom is -0.492 e. The van der Waals surface area contributed by atoms with Crippen LogP contribution in [0.3, 0.4) is 0 Å². The van der Waals surface area contributed by atoms with Gasteiger partial charge in [0.2, 0.25) is 0 Å². The zero-order valence-electron chi connectivity index (χ0n) is 14.6. The van der Waals surface area contributed by atoms with E-state index in [0.29, 0.717) is 29.5 Å². The van der Waals surface area contributed by atoms with Gasteiger partial charge in [-0.3, -0.25) is 4.72 Å². The fourth-order valence-electron chi connectivity index (χ4n) is 2.38. The van der Waals surface area contributed by atoms with Crippen LogP contribution in [0.25, 0.3) is 0 Å². The third-order valence-electron chi connectivity index (χ3n) is 3.62. The van der Waals surface area contributed by atoms with E-state index in [1.807, 2.05) is 25.1 Å². The van der Waals surface area contributed by atoms with E-state index in [9.17, 15) is 8.42 Å². The SMILES string of the molecule is CCOc1ccc(S(=O)(=O)Nc2ccccc2Oc2ccccc2)cc1Cl. The summed E-state index contributed by atoms with van der Waals surface area (Å²) in [5.74, 6) is 1.43. The molecule has 5 nitrogen and oxygen atoms in total. The maximum absolute atomic E-state index is 12.8. The van der Waals surface area contributed by atoms with E-state index in [0.717, 1.165) is 0 Å². The molecule has 0 spiro atoms. The lowest BCUT2D eigenvalue weighted by atomic mass is 10.3. The summed E-state index contributed by atoms with van der Waals surface area (Å²) in [4.78, 5) is 0.0328. The standard InChI is InChI=1S/C20H18ClNO4S/c1-2-25-19-13-12-16(14-17(19)21)27(23,24)22-18-10-6-7-11-20(18)26-15-8-4-3-5-9-15/h3-14,22H,2H2,1H3. The quantitative estimate of drug-likeness (QED) is 0.578. The van der Waals surface area contributed by atoms with Crippen LogP contribution in [0.5, 0.6) is 17.2 Å². The van der Waals surface area contributed by atoms with E-state index in [2.05, 4.69) is 4.72 Å². The molecule has 7 heteroatoms. The number of hydrogen-bond donors (Lipinski definition) is 1. The second-order valence-electron chi connectivity index (χ2n) is 5.54. The smallest absolute Gasteiger partial charge is 0.262 e. The molecule has 0 atom stereocenters. The van der Waals surface area contributed by atoms with Crippen molar-refractivity contribution in [3.8, 4) is 17.2 Å². The van der Waals surface area contributed by atoms with Crippen LogP contribution in [0.1, 0.15) is 6.92 Å². The Morgan fingerprint density at radius 2 is 1.63 bits per heavy atom. The van der Waals surface area contributed by atoms with Crippen molar-refractivity contribution in [3.63, 3.8) is 0 Å². The largest absolute Gasteiger partial charge is 0.492 e. The lowest BCUT2D eigenvalue weighted by Gasteiger charge is -2.14. The molecular weight excluding hydrogens is 386 g/mol.